The molecular weight excluding hydrogens is 308 g/mol. The molecule has 3 rings (SSSR count). The predicted octanol–water partition coefficient (Wildman–Crippen LogP) is 3.93. The minimum atomic E-state index is -0.360. The number of nitrogens with zero attached hydrogens (tertiary/aromatic N) is 2. The van der Waals surface area contributed by atoms with Crippen LogP contribution in [0.4, 0.5) is 5.69 Å². The van der Waals surface area contributed by atoms with Crippen LogP contribution in [0.3, 0.4) is 0 Å². The Balaban J connectivity index is 0.000000368. The minimum absolute atomic E-state index is 0.121. The van der Waals surface area contributed by atoms with Gasteiger partial charge in [-0.3, -0.25) is 14.9 Å². The summed E-state index contributed by atoms with van der Waals surface area (Å²) in [4.78, 5) is 19.7. The summed E-state index contributed by atoms with van der Waals surface area (Å²) in [7, 11) is 1.95. The third kappa shape index (κ3) is 3.78. The van der Waals surface area contributed by atoms with Crippen LogP contribution in [0.25, 0.3) is 22.0 Å². The summed E-state index contributed by atoms with van der Waals surface area (Å²) in [5.74, 6) is 0. The summed E-state index contributed by atoms with van der Waals surface area (Å²) in [5, 5.41) is 11.8. The zero-order valence-electron chi connectivity index (χ0n) is 13.5. The molecule has 0 aliphatic rings. The molecule has 0 atom stereocenters. The Morgan fingerprint density at radius 1 is 1.21 bits per heavy atom. The molecule has 0 unspecified atom stereocenters. The average molecular weight is 326 g/mol. The van der Waals surface area contributed by atoms with Gasteiger partial charge >= 0.3 is 0 Å². The first-order valence-corrected chi connectivity index (χ1v) is 7.42. The second kappa shape index (κ2) is 7.92. The summed E-state index contributed by atoms with van der Waals surface area (Å²) in [5.41, 5.74) is 3.19. The summed E-state index contributed by atoms with van der Waals surface area (Å²) in [6, 6.07) is 14.9. The second-order valence-corrected chi connectivity index (χ2v) is 5.03. The molecule has 0 radical (unpaired) electrons. The Kier molecular flexibility index (Phi) is 5.68. The normalized spacial score (nSPS) is 9.92. The van der Waals surface area contributed by atoms with Crippen molar-refractivity contribution in [2.75, 3.05) is 6.61 Å². The number of aromatic nitrogens is 1. The van der Waals surface area contributed by atoms with Crippen LogP contribution in [0, 0.1) is 10.1 Å². The van der Waals surface area contributed by atoms with E-state index in [-0.39, 0.29) is 10.6 Å². The molecule has 2 aromatic carbocycles. The quantitative estimate of drug-likeness (QED) is 0.413. The van der Waals surface area contributed by atoms with Gasteiger partial charge in [0.1, 0.15) is 0 Å². The third-order valence-electron chi connectivity index (χ3n) is 3.50. The van der Waals surface area contributed by atoms with E-state index in [4.69, 9.17) is 0 Å². The van der Waals surface area contributed by atoms with E-state index in [0.29, 0.717) is 13.1 Å². The van der Waals surface area contributed by atoms with Crippen LogP contribution in [0.5, 0.6) is 0 Å². The minimum Gasteiger partial charge on any atom is -0.468 e. The zero-order valence-corrected chi connectivity index (χ0v) is 13.5. The lowest BCUT2D eigenvalue weighted by Crippen LogP contribution is -1.88. The summed E-state index contributed by atoms with van der Waals surface area (Å²) < 4.78 is 6.14. The standard InChI is InChI=1S/C15H12N2O2.C3H6O2/c1-16-10-14(11-5-3-2-4-6-11)13-9-12(17(18)19)7-8-15(13)16;1-2-5-3-4/h2-10H,1H3;3H,2H2,1H3. The van der Waals surface area contributed by atoms with Crippen LogP contribution >= 0.6 is 0 Å². The smallest absolute Gasteiger partial charge is 0.293 e. The van der Waals surface area contributed by atoms with E-state index in [2.05, 4.69) is 4.74 Å². The average Bonchev–Trinajstić information content (AvgIpc) is 2.93. The van der Waals surface area contributed by atoms with Gasteiger partial charge < -0.3 is 9.30 Å². The maximum absolute atomic E-state index is 10.9. The van der Waals surface area contributed by atoms with Gasteiger partial charge in [-0.05, 0) is 18.6 Å². The number of hydrogen-bond acceptors (Lipinski definition) is 4. The first-order chi connectivity index (χ1) is 11.6. The Hall–Kier alpha value is -3.15. The molecule has 6 heteroatoms. The molecule has 0 aliphatic carbocycles. The molecule has 1 aromatic heterocycles. The highest BCUT2D eigenvalue weighted by molar-refractivity contribution is 5.97. The predicted molar refractivity (Wildman–Crippen MR) is 92.7 cm³/mol. The van der Waals surface area contributed by atoms with Crippen molar-refractivity contribution in [2.45, 2.75) is 6.92 Å². The fraction of sp³-hybridized carbons (Fsp3) is 0.167. The molecule has 0 N–H and O–H groups in total. The lowest BCUT2D eigenvalue weighted by Gasteiger charge is -1.99. The molecule has 0 bridgehead atoms. The van der Waals surface area contributed by atoms with Crippen molar-refractivity contribution in [3.05, 3.63) is 64.8 Å². The lowest BCUT2D eigenvalue weighted by atomic mass is 10.0. The molecule has 0 aliphatic heterocycles. The Morgan fingerprint density at radius 3 is 2.46 bits per heavy atom. The number of fused-ring (bicyclic) bond motifs is 1. The molecular formula is C18H18N2O4. The van der Waals surface area contributed by atoms with Gasteiger partial charge in [0.2, 0.25) is 0 Å². The van der Waals surface area contributed by atoms with Gasteiger partial charge in [0.25, 0.3) is 12.2 Å². The molecule has 1 heterocycles. The van der Waals surface area contributed by atoms with Crippen molar-refractivity contribution in [2.24, 2.45) is 7.05 Å². The number of nitro benzene ring substituents is 1. The Labute approximate surface area is 139 Å². The SMILES string of the molecule is CCOC=O.Cn1cc(-c2ccccc2)c2cc([N+](=O)[O-])ccc21. The van der Waals surface area contributed by atoms with Crippen molar-refractivity contribution in [3.8, 4) is 11.1 Å². The van der Waals surface area contributed by atoms with Gasteiger partial charge in [0.15, 0.2) is 0 Å². The van der Waals surface area contributed by atoms with Gasteiger partial charge in [-0.25, -0.2) is 0 Å². The Morgan fingerprint density at radius 2 is 1.92 bits per heavy atom. The number of carbonyl (C=O) groups is 1. The van der Waals surface area contributed by atoms with Gasteiger partial charge in [-0.15, -0.1) is 0 Å². The monoisotopic (exact) mass is 326 g/mol. The molecule has 24 heavy (non-hydrogen) atoms. The van der Waals surface area contributed by atoms with E-state index in [1.165, 1.54) is 6.07 Å². The summed E-state index contributed by atoms with van der Waals surface area (Å²) in [6.07, 6.45) is 2.00. The molecule has 6 nitrogen and oxygen atoms in total. The van der Waals surface area contributed by atoms with E-state index in [0.717, 1.165) is 22.0 Å². The molecule has 0 amide bonds. The van der Waals surface area contributed by atoms with E-state index < -0.39 is 0 Å². The van der Waals surface area contributed by atoms with Crippen LogP contribution < -0.4 is 0 Å². The molecule has 0 fully saturated rings. The van der Waals surface area contributed by atoms with Crippen LogP contribution in [-0.2, 0) is 16.6 Å². The fourth-order valence-corrected chi connectivity index (χ4v) is 2.41. The van der Waals surface area contributed by atoms with Crippen molar-refractivity contribution in [1.29, 1.82) is 0 Å². The van der Waals surface area contributed by atoms with Gasteiger partial charge in [0, 0.05) is 41.8 Å². The van der Waals surface area contributed by atoms with Gasteiger partial charge in [-0.1, -0.05) is 30.3 Å². The molecule has 0 spiro atoms. The zero-order chi connectivity index (χ0) is 17.5. The number of non-ortho nitro benzene ring substituents is 1. The number of aryl methyl sites for hydroxylation is 1. The molecule has 124 valence electrons. The number of nitro groups is 1. The first-order valence-electron chi connectivity index (χ1n) is 7.42. The van der Waals surface area contributed by atoms with Crippen molar-refractivity contribution < 1.29 is 14.5 Å². The largest absolute Gasteiger partial charge is 0.468 e. The topological polar surface area (TPSA) is 74.4 Å². The summed E-state index contributed by atoms with van der Waals surface area (Å²) >= 11 is 0. The van der Waals surface area contributed by atoms with Gasteiger partial charge in [-0.2, -0.15) is 0 Å². The molecule has 0 saturated heterocycles. The summed E-state index contributed by atoms with van der Waals surface area (Å²) in [6.45, 7) is 2.66. The van der Waals surface area contributed by atoms with E-state index in [1.54, 1.807) is 19.1 Å². The van der Waals surface area contributed by atoms with Crippen molar-refractivity contribution >= 4 is 23.1 Å². The molecule has 3 aromatic rings. The molecule has 0 saturated carbocycles. The lowest BCUT2D eigenvalue weighted by molar-refractivity contribution is -0.384. The van der Waals surface area contributed by atoms with Crippen LogP contribution in [0.15, 0.2) is 54.7 Å². The van der Waals surface area contributed by atoms with Gasteiger partial charge in [0.05, 0.1) is 11.5 Å². The van der Waals surface area contributed by atoms with Crippen LogP contribution in [0.2, 0.25) is 0 Å². The highest BCUT2D eigenvalue weighted by atomic mass is 16.6. The maximum atomic E-state index is 10.9. The van der Waals surface area contributed by atoms with Crippen LogP contribution in [-0.4, -0.2) is 22.6 Å². The van der Waals surface area contributed by atoms with Crippen LogP contribution in [0.1, 0.15) is 6.92 Å². The van der Waals surface area contributed by atoms with E-state index >= 15 is 0 Å². The second-order valence-electron chi connectivity index (χ2n) is 5.03. The number of carbonyl (C=O) groups excluding carboxylic acids is 1. The number of hydrogen-bond donors (Lipinski definition) is 0. The van der Waals surface area contributed by atoms with E-state index in [1.807, 2.05) is 48.1 Å². The van der Waals surface area contributed by atoms with Crippen molar-refractivity contribution in [3.63, 3.8) is 0 Å². The maximum Gasteiger partial charge on any atom is 0.293 e. The third-order valence-corrected chi connectivity index (χ3v) is 3.50. The Bertz CT molecular complexity index is 841. The number of rotatable bonds is 4. The highest BCUT2D eigenvalue weighted by Gasteiger charge is 2.13. The first kappa shape index (κ1) is 17.2. The van der Waals surface area contributed by atoms with E-state index in [9.17, 15) is 14.9 Å². The highest BCUT2D eigenvalue weighted by Crippen LogP contribution is 2.32. The number of ether oxygens (including phenoxy) is 1. The fourth-order valence-electron chi connectivity index (χ4n) is 2.41. The van der Waals surface area contributed by atoms with Crippen molar-refractivity contribution in [1.82, 2.24) is 4.57 Å². The number of benzene rings is 2.